The van der Waals surface area contributed by atoms with Crippen molar-refractivity contribution in [3.05, 3.63) is 35.2 Å². The predicted octanol–water partition coefficient (Wildman–Crippen LogP) is 2.65. The van der Waals surface area contributed by atoms with Gasteiger partial charge < -0.3 is 9.26 Å². The molecular formula is C19H27N5O2. The van der Waals surface area contributed by atoms with E-state index in [4.69, 9.17) is 9.26 Å². The minimum Gasteiger partial charge on any atom is -0.377 e. The summed E-state index contributed by atoms with van der Waals surface area (Å²) in [4.78, 5) is 6.94. The van der Waals surface area contributed by atoms with Crippen LogP contribution in [0.1, 0.15) is 54.7 Å². The Morgan fingerprint density at radius 3 is 2.65 bits per heavy atom. The Morgan fingerprint density at radius 1 is 1.12 bits per heavy atom. The van der Waals surface area contributed by atoms with Gasteiger partial charge in [-0.05, 0) is 70.7 Å². The third-order valence-electron chi connectivity index (χ3n) is 5.56. The van der Waals surface area contributed by atoms with E-state index in [1.54, 1.807) is 0 Å². The van der Waals surface area contributed by atoms with Gasteiger partial charge in [-0.1, -0.05) is 5.16 Å². The average molecular weight is 357 g/mol. The Balaban J connectivity index is 1.36. The minimum atomic E-state index is 0.199. The lowest BCUT2D eigenvalue weighted by Crippen LogP contribution is -2.42. The zero-order chi connectivity index (χ0) is 17.9. The van der Waals surface area contributed by atoms with Crippen LogP contribution < -0.4 is 0 Å². The van der Waals surface area contributed by atoms with Crippen LogP contribution in [-0.4, -0.2) is 51.0 Å². The Bertz CT molecular complexity index is 709. The van der Waals surface area contributed by atoms with Gasteiger partial charge in [0.1, 0.15) is 0 Å². The maximum atomic E-state index is 6.19. The van der Waals surface area contributed by atoms with Gasteiger partial charge in [0.05, 0.1) is 23.4 Å². The van der Waals surface area contributed by atoms with Gasteiger partial charge in [-0.3, -0.25) is 4.90 Å². The van der Waals surface area contributed by atoms with Crippen molar-refractivity contribution in [1.82, 2.24) is 25.2 Å². The molecule has 0 amide bonds. The summed E-state index contributed by atoms with van der Waals surface area (Å²) in [6.45, 7) is 7.68. The number of aryl methyl sites for hydroxylation is 2. The number of piperidine rings is 1. The fourth-order valence-electron chi connectivity index (χ4n) is 4.17. The van der Waals surface area contributed by atoms with Crippen LogP contribution in [-0.2, 0) is 11.3 Å². The van der Waals surface area contributed by atoms with E-state index in [1.165, 1.54) is 0 Å². The fraction of sp³-hybridized carbons (Fsp3) is 0.684. The molecule has 4 heterocycles. The molecule has 0 N–H and O–H groups in total. The van der Waals surface area contributed by atoms with Gasteiger partial charge >= 0.3 is 0 Å². The molecule has 2 aromatic rings. The van der Waals surface area contributed by atoms with Gasteiger partial charge in [-0.25, -0.2) is 0 Å². The Labute approximate surface area is 154 Å². The zero-order valence-electron chi connectivity index (χ0n) is 15.6. The molecule has 4 rings (SSSR count). The number of likely N-dealkylation sites (tertiary alicyclic amines) is 1. The standard InChI is InChI=1S/C19H27N5O2/c1-13-5-6-16(22-21-13)12-24-9-7-15(8-10-24)18-17(4-3-11-25-18)19-20-14(2)23-26-19/h5-6,15,17-18H,3-4,7-12H2,1-2H3/t17-,18+/m1/s1. The van der Waals surface area contributed by atoms with Crippen LogP contribution in [0.5, 0.6) is 0 Å². The molecule has 7 nitrogen and oxygen atoms in total. The second kappa shape index (κ2) is 7.80. The first-order chi connectivity index (χ1) is 12.7. The van der Waals surface area contributed by atoms with Crippen LogP contribution in [0.4, 0.5) is 0 Å². The van der Waals surface area contributed by atoms with Crippen LogP contribution in [0, 0.1) is 19.8 Å². The van der Waals surface area contributed by atoms with Crippen LogP contribution >= 0.6 is 0 Å². The van der Waals surface area contributed by atoms with Gasteiger partial charge in [0, 0.05) is 13.2 Å². The van der Waals surface area contributed by atoms with Crippen molar-refractivity contribution in [1.29, 1.82) is 0 Å². The predicted molar refractivity (Wildman–Crippen MR) is 95.5 cm³/mol. The van der Waals surface area contributed by atoms with E-state index in [1.807, 2.05) is 19.9 Å². The highest BCUT2D eigenvalue weighted by Gasteiger charge is 2.38. The molecule has 0 bridgehead atoms. The lowest BCUT2D eigenvalue weighted by atomic mass is 9.80. The largest absolute Gasteiger partial charge is 0.377 e. The second-order valence-corrected chi connectivity index (χ2v) is 7.54. The highest BCUT2D eigenvalue weighted by Crippen LogP contribution is 2.37. The highest BCUT2D eigenvalue weighted by atomic mass is 16.5. The number of hydrogen-bond acceptors (Lipinski definition) is 7. The van der Waals surface area contributed by atoms with Gasteiger partial charge in [0.25, 0.3) is 0 Å². The molecule has 140 valence electrons. The molecule has 2 aliphatic rings. The molecule has 2 aromatic heterocycles. The zero-order valence-corrected chi connectivity index (χ0v) is 15.6. The number of nitrogens with zero attached hydrogens (tertiary/aromatic N) is 5. The highest BCUT2D eigenvalue weighted by molar-refractivity contribution is 5.06. The second-order valence-electron chi connectivity index (χ2n) is 7.54. The third-order valence-corrected chi connectivity index (χ3v) is 5.56. The van der Waals surface area contributed by atoms with E-state index in [2.05, 4.69) is 31.3 Å². The molecule has 0 aromatic carbocycles. The summed E-state index contributed by atoms with van der Waals surface area (Å²) in [6.07, 6.45) is 4.60. The smallest absolute Gasteiger partial charge is 0.232 e. The molecule has 2 aliphatic heterocycles. The summed E-state index contributed by atoms with van der Waals surface area (Å²) < 4.78 is 11.7. The van der Waals surface area contributed by atoms with Gasteiger partial charge in [0.2, 0.25) is 5.89 Å². The third kappa shape index (κ3) is 3.94. The Hall–Kier alpha value is -1.86. The van der Waals surface area contributed by atoms with Crippen LogP contribution in [0.15, 0.2) is 16.7 Å². The maximum Gasteiger partial charge on any atom is 0.232 e. The van der Waals surface area contributed by atoms with Crippen LogP contribution in [0.3, 0.4) is 0 Å². The summed E-state index contributed by atoms with van der Waals surface area (Å²) in [6, 6.07) is 4.11. The average Bonchev–Trinajstić information content (AvgIpc) is 3.11. The van der Waals surface area contributed by atoms with Crippen LogP contribution in [0.25, 0.3) is 0 Å². The van der Waals surface area contributed by atoms with Crippen molar-refractivity contribution in [2.24, 2.45) is 5.92 Å². The van der Waals surface area contributed by atoms with Gasteiger partial charge in [-0.15, -0.1) is 0 Å². The molecule has 0 spiro atoms. The summed E-state index contributed by atoms with van der Waals surface area (Å²) in [7, 11) is 0. The van der Waals surface area contributed by atoms with E-state index in [-0.39, 0.29) is 12.0 Å². The first-order valence-corrected chi connectivity index (χ1v) is 9.62. The lowest BCUT2D eigenvalue weighted by molar-refractivity contribution is -0.0585. The molecular weight excluding hydrogens is 330 g/mol. The molecule has 2 fully saturated rings. The van der Waals surface area contributed by atoms with Crippen molar-refractivity contribution >= 4 is 0 Å². The van der Waals surface area contributed by atoms with Gasteiger partial charge in [0.15, 0.2) is 5.82 Å². The quantitative estimate of drug-likeness (QED) is 0.832. The molecule has 7 heteroatoms. The fourth-order valence-corrected chi connectivity index (χ4v) is 4.17. The summed E-state index contributed by atoms with van der Waals surface area (Å²) in [5, 5.41) is 12.4. The van der Waals surface area contributed by atoms with Crippen molar-refractivity contribution in [2.75, 3.05) is 19.7 Å². The van der Waals surface area contributed by atoms with Crippen LogP contribution in [0.2, 0.25) is 0 Å². The Morgan fingerprint density at radius 2 is 1.96 bits per heavy atom. The molecule has 0 radical (unpaired) electrons. The first kappa shape index (κ1) is 17.5. The normalized spacial score (nSPS) is 25.5. The monoisotopic (exact) mass is 357 g/mol. The molecule has 0 unspecified atom stereocenters. The van der Waals surface area contributed by atoms with Gasteiger partial charge in [-0.2, -0.15) is 15.2 Å². The van der Waals surface area contributed by atoms with Crippen molar-refractivity contribution < 1.29 is 9.26 Å². The topological polar surface area (TPSA) is 77.2 Å². The van der Waals surface area contributed by atoms with E-state index in [9.17, 15) is 0 Å². The maximum absolute atomic E-state index is 6.19. The first-order valence-electron chi connectivity index (χ1n) is 9.62. The van der Waals surface area contributed by atoms with Crippen molar-refractivity contribution in [3.63, 3.8) is 0 Å². The molecule has 26 heavy (non-hydrogen) atoms. The van der Waals surface area contributed by atoms with E-state index in [0.717, 1.165) is 69.2 Å². The SMILES string of the molecule is Cc1ccc(CN2CCC([C@@H]3OCCC[C@H]3c3nc(C)no3)CC2)nn1. The summed E-state index contributed by atoms with van der Waals surface area (Å²) in [5.74, 6) is 2.25. The lowest BCUT2D eigenvalue weighted by Gasteiger charge is -2.40. The molecule has 2 atom stereocenters. The van der Waals surface area contributed by atoms with Crippen molar-refractivity contribution in [3.8, 4) is 0 Å². The van der Waals surface area contributed by atoms with E-state index in [0.29, 0.717) is 11.7 Å². The summed E-state index contributed by atoms with van der Waals surface area (Å²) >= 11 is 0. The Kier molecular flexibility index (Phi) is 5.26. The summed E-state index contributed by atoms with van der Waals surface area (Å²) in [5.41, 5.74) is 2.01. The number of aromatic nitrogens is 4. The molecule has 0 saturated carbocycles. The van der Waals surface area contributed by atoms with Crippen molar-refractivity contribution in [2.45, 2.75) is 58.1 Å². The number of ether oxygens (including phenoxy) is 1. The number of rotatable bonds is 4. The molecule has 2 saturated heterocycles. The molecule has 0 aliphatic carbocycles. The van der Waals surface area contributed by atoms with E-state index < -0.39 is 0 Å². The number of hydrogen-bond donors (Lipinski definition) is 0. The minimum absolute atomic E-state index is 0.199. The van der Waals surface area contributed by atoms with E-state index >= 15 is 0 Å².